The van der Waals surface area contributed by atoms with Crippen molar-refractivity contribution in [1.29, 1.82) is 5.26 Å². The number of fused-ring (bicyclic) bond motifs is 1. The molecule has 25 heavy (non-hydrogen) atoms. The number of hydrogen-bond acceptors (Lipinski definition) is 5. The second-order valence-corrected chi connectivity index (χ2v) is 5.93. The molecule has 3 rings (SSSR count). The summed E-state index contributed by atoms with van der Waals surface area (Å²) < 4.78 is 5.12. The number of rotatable bonds is 5. The van der Waals surface area contributed by atoms with Gasteiger partial charge in [-0.2, -0.15) is 5.26 Å². The molecule has 0 saturated carbocycles. The fraction of sp³-hybridized carbons (Fsp3) is 0.158. The summed E-state index contributed by atoms with van der Waals surface area (Å²) in [4.78, 5) is 4.26. The van der Waals surface area contributed by atoms with Crippen LogP contribution >= 0.6 is 11.6 Å². The number of aliphatic hydroxyl groups is 1. The molecule has 0 bridgehead atoms. The minimum absolute atomic E-state index is 0.243. The Morgan fingerprint density at radius 3 is 2.72 bits per heavy atom. The summed E-state index contributed by atoms with van der Waals surface area (Å²) in [7, 11) is 1.59. The fourth-order valence-corrected chi connectivity index (χ4v) is 2.75. The number of ether oxygens (including phenoxy) is 1. The Morgan fingerprint density at radius 1 is 1.28 bits per heavy atom. The quantitative estimate of drug-likeness (QED) is 0.727. The van der Waals surface area contributed by atoms with Gasteiger partial charge in [-0.15, -0.1) is 0 Å². The Labute approximate surface area is 150 Å². The van der Waals surface area contributed by atoms with E-state index in [0.717, 1.165) is 22.2 Å². The molecule has 126 valence electrons. The van der Waals surface area contributed by atoms with Crippen molar-refractivity contribution in [2.75, 3.05) is 19.0 Å². The van der Waals surface area contributed by atoms with Gasteiger partial charge in [0.25, 0.3) is 0 Å². The van der Waals surface area contributed by atoms with Gasteiger partial charge in [0, 0.05) is 23.2 Å². The van der Waals surface area contributed by atoms with Crippen LogP contribution in [0.3, 0.4) is 0 Å². The van der Waals surface area contributed by atoms with E-state index in [2.05, 4.69) is 16.4 Å². The van der Waals surface area contributed by atoms with Gasteiger partial charge in [-0.05, 0) is 35.9 Å². The zero-order valence-electron chi connectivity index (χ0n) is 13.5. The predicted octanol–water partition coefficient (Wildman–Crippen LogP) is 3.91. The number of nitrogens with one attached hydrogen (secondary N) is 1. The zero-order valence-corrected chi connectivity index (χ0v) is 14.3. The van der Waals surface area contributed by atoms with Crippen molar-refractivity contribution in [2.24, 2.45) is 0 Å². The average molecular weight is 354 g/mol. The molecule has 1 atom stereocenters. The summed E-state index contributed by atoms with van der Waals surface area (Å²) in [6.45, 7) is 0.243. The Hall–Kier alpha value is -2.81. The Morgan fingerprint density at radius 2 is 2.04 bits per heavy atom. The first-order valence-corrected chi connectivity index (χ1v) is 8.04. The standard InChI is InChI=1S/C19H16ClN3O2/c1-25-15-5-2-12(3-6-15)18(24)11-23-19-13(9-21)10-22-17-7-4-14(20)8-16(17)19/h2-8,10,18,24H,11H2,1H3,(H,22,23). The number of hydrogen-bond donors (Lipinski definition) is 2. The molecule has 3 aromatic rings. The first-order chi connectivity index (χ1) is 12.1. The molecule has 0 amide bonds. The van der Waals surface area contributed by atoms with Crippen LogP contribution in [0, 0.1) is 11.3 Å². The van der Waals surface area contributed by atoms with Crippen molar-refractivity contribution in [1.82, 2.24) is 4.98 Å². The number of anilines is 1. The molecule has 0 aliphatic carbocycles. The first kappa shape index (κ1) is 17.0. The minimum Gasteiger partial charge on any atom is -0.497 e. The van der Waals surface area contributed by atoms with E-state index in [-0.39, 0.29) is 6.54 Å². The number of nitriles is 1. The SMILES string of the molecule is COc1ccc(C(O)CNc2c(C#N)cnc3ccc(Cl)cc23)cc1. The van der Waals surface area contributed by atoms with Crippen LogP contribution in [-0.4, -0.2) is 23.7 Å². The average Bonchev–Trinajstić information content (AvgIpc) is 2.65. The van der Waals surface area contributed by atoms with Crippen molar-refractivity contribution in [2.45, 2.75) is 6.10 Å². The third-order valence-electron chi connectivity index (χ3n) is 3.92. The van der Waals surface area contributed by atoms with Crippen LogP contribution in [0.25, 0.3) is 10.9 Å². The van der Waals surface area contributed by atoms with E-state index in [1.807, 2.05) is 0 Å². The molecule has 0 spiro atoms. The largest absolute Gasteiger partial charge is 0.497 e. The van der Waals surface area contributed by atoms with Gasteiger partial charge in [-0.25, -0.2) is 0 Å². The van der Waals surface area contributed by atoms with E-state index in [0.29, 0.717) is 16.3 Å². The van der Waals surface area contributed by atoms with Gasteiger partial charge >= 0.3 is 0 Å². The summed E-state index contributed by atoms with van der Waals surface area (Å²) in [6.07, 6.45) is 0.776. The number of nitrogens with zero attached hydrogens (tertiary/aromatic N) is 2. The molecule has 2 N–H and O–H groups in total. The van der Waals surface area contributed by atoms with Gasteiger partial charge < -0.3 is 15.2 Å². The van der Waals surface area contributed by atoms with Crippen molar-refractivity contribution in [3.8, 4) is 11.8 Å². The molecule has 5 nitrogen and oxygen atoms in total. The van der Waals surface area contributed by atoms with Crippen LogP contribution in [0.15, 0.2) is 48.7 Å². The van der Waals surface area contributed by atoms with Crippen molar-refractivity contribution >= 4 is 28.2 Å². The summed E-state index contributed by atoms with van der Waals surface area (Å²) >= 11 is 6.07. The molecule has 0 fully saturated rings. The molecular weight excluding hydrogens is 338 g/mol. The maximum atomic E-state index is 10.4. The number of benzene rings is 2. The highest BCUT2D eigenvalue weighted by molar-refractivity contribution is 6.31. The molecule has 0 aliphatic rings. The molecule has 1 heterocycles. The lowest BCUT2D eigenvalue weighted by Gasteiger charge is -2.16. The highest BCUT2D eigenvalue weighted by Crippen LogP contribution is 2.29. The van der Waals surface area contributed by atoms with E-state index >= 15 is 0 Å². The lowest BCUT2D eigenvalue weighted by molar-refractivity contribution is 0.191. The summed E-state index contributed by atoms with van der Waals surface area (Å²) in [5, 5.41) is 24.2. The van der Waals surface area contributed by atoms with E-state index in [1.54, 1.807) is 49.6 Å². The van der Waals surface area contributed by atoms with Gasteiger partial charge in [0.1, 0.15) is 11.8 Å². The smallest absolute Gasteiger partial charge is 0.118 e. The summed E-state index contributed by atoms with van der Waals surface area (Å²) in [6, 6.07) is 14.6. The zero-order chi connectivity index (χ0) is 17.8. The van der Waals surface area contributed by atoms with E-state index in [4.69, 9.17) is 16.3 Å². The Kier molecular flexibility index (Phi) is 5.03. The van der Waals surface area contributed by atoms with Gasteiger partial charge in [-0.3, -0.25) is 4.98 Å². The Balaban J connectivity index is 1.86. The molecule has 6 heteroatoms. The lowest BCUT2D eigenvalue weighted by atomic mass is 10.1. The lowest BCUT2D eigenvalue weighted by Crippen LogP contribution is -2.13. The number of methoxy groups -OCH3 is 1. The van der Waals surface area contributed by atoms with Crippen LogP contribution in [0.1, 0.15) is 17.2 Å². The molecule has 2 aromatic carbocycles. The molecule has 0 saturated heterocycles. The Bertz CT molecular complexity index is 936. The van der Waals surface area contributed by atoms with E-state index in [9.17, 15) is 10.4 Å². The maximum Gasteiger partial charge on any atom is 0.118 e. The predicted molar refractivity (Wildman–Crippen MR) is 97.9 cm³/mol. The van der Waals surface area contributed by atoms with E-state index in [1.165, 1.54) is 6.20 Å². The monoisotopic (exact) mass is 353 g/mol. The van der Waals surface area contributed by atoms with Gasteiger partial charge in [0.05, 0.1) is 30.0 Å². The highest BCUT2D eigenvalue weighted by atomic mass is 35.5. The number of aromatic nitrogens is 1. The van der Waals surface area contributed by atoms with Gasteiger partial charge in [0.2, 0.25) is 0 Å². The highest BCUT2D eigenvalue weighted by Gasteiger charge is 2.13. The van der Waals surface area contributed by atoms with Crippen molar-refractivity contribution < 1.29 is 9.84 Å². The summed E-state index contributed by atoms with van der Waals surface area (Å²) in [5.41, 5.74) is 2.49. The van der Waals surface area contributed by atoms with Crippen LogP contribution in [0.5, 0.6) is 5.75 Å². The third-order valence-corrected chi connectivity index (χ3v) is 4.16. The second-order valence-electron chi connectivity index (χ2n) is 5.49. The molecule has 1 unspecified atom stereocenters. The number of pyridine rings is 1. The van der Waals surface area contributed by atoms with Gasteiger partial charge in [0.15, 0.2) is 0 Å². The molecule has 0 aliphatic heterocycles. The first-order valence-electron chi connectivity index (χ1n) is 7.66. The minimum atomic E-state index is -0.736. The molecular formula is C19H16ClN3O2. The number of aliphatic hydroxyl groups excluding tert-OH is 1. The second kappa shape index (κ2) is 7.39. The maximum absolute atomic E-state index is 10.4. The van der Waals surface area contributed by atoms with Crippen molar-refractivity contribution in [3.63, 3.8) is 0 Å². The van der Waals surface area contributed by atoms with Crippen LogP contribution in [0.4, 0.5) is 5.69 Å². The fourth-order valence-electron chi connectivity index (χ4n) is 2.58. The van der Waals surface area contributed by atoms with E-state index < -0.39 is 6.10 Å². The van der Waals surface area contributed by atoms with Crippen LogP contribution in [0.2, 0.25) is 5.02 Å². The van der Waals surface area contributed by atoms with Crippen LogP contribution < -0.4 is 10.1 Å². The topological polar surface area (TPSA) is 78.2 Å². The van der Waals surface area contributed by atoms with Crippen LogP contribution in [-0.2, 0) is 0 Å². The normalized spacial score (nSPS) is 11.8. The third kappa shape index (κ3) is 3.66. The van der Waals surface area contributed by atoms with Crippen molar-refractivity contribution in [3.05, 3.63) is 64.8 Å². The molecule has 0 radical (unpaired) electrons. The molecule has 1 aromatic heterocycles. The van der Waals surface area contributed by atoms with Gasteiger partial charge in [-0.1, -0.05) is 23.7 Å². The summed E-state index contributed by atoms with van der Waals surface area (Å²) in [5.74, 6) is 0.727. The number of halogens is 1.